The van der Waals surface area contributed by atoms with Crippen molar-refractivity contribution in [2.75, 3.05) is 6.61 Å². The highest BCUT2D eigenvalue weighted by atomic mass is 32.2. The fraction of sp³-hybridized carbons (Fsp3) is 0.500. The first kappa shape index (κ1) is 18.0. The molecule has 7 heteroatoms. The van der Waals surface area contributed by atoms with Crippen LogP contribution < -0.4 is 11.9 Å². The standard InChI is InChI=1S/C3H5NO.C3H8O3S.H3N/c1-2-3(4)5;1-2-3-6-7(4)5;/h2H,1H2,(H2,4,5);7H,2-3H2,1H3;1H3. The lowest BCUT2D eigenvalue weighted by Gasteiger charge is -1.84. The second-order valence-electron chi connectivity index (χ2n) is 1.66. The molecule has 80 valence electrons. The second kappa shape index (κ2) is 13.7. The molecule has 0 rings (SSSR count). The summed E-state index contributed by atoms with van der Waals surface area (Å²) in [5.41, 5.74) is 4.53. The maximum Gasteiger partial charge on any atom is 0.257 e. The third-order valence-electron chi connectivity index (χ3n) is 0.602. The largest absolute Gasteiger partial charge is 0.366 e. The van der Waals surface area contributed by atoms with E-state index in [0.29, 0.717) is 6.61 Å². The Morgan fingerprint density at radius 3 is 2.08 bits per heavy atom. The first-order chi connectivity index (χ1) is 5.54. The van der Waals surface area contributed by atoms with Gasteiger partial charge in [0, 0.05) is 0 Å². The highest BCUT2D eigenvalue weighted by Crippen LogP contribution is 1.76. The van der Waals surface area contributed by atoms with Gasteiger partial charge in [-0.05, 0) is 12.5 Å². The number of primary amides is 1. The lowest BCUT2D eigenvalue weighted by atomic mass is 10.5. The van der Waals surface area contributed by atoms with E-state index in [1.807, 2.05) is 6.92 Å². The Kier molecular flexibility index (Phi) is 18.9. The van der Waals surface area contributed by atoms with Crippen LogP contribution in [0.2, 0.25) is 0 Å². The third-order valence-corrected chi connectivity index (χ3v) is 0.995. The third kappa shape index (κ3) is 35.4. The maximum absolute atomic E-state index is 9.57. The SMILES string of the molecule is C=CC(N)=O.CCCO[SH](=O)=O.N. The summed E-state index contributed by atoms with van der Waals surface area (Å²) in [4.78, 5) is 9.47. The number of rotatable bonds is 4. The Morgan fingerprint density at radius 1 is 1.62 bits per heavy atom. The lowest BCUT2D eigenvalue weighted by Crippen LogP contribution is -2.04. The molecule has 0 bridgehead atoms. The van der Waals surface area contributed by atoms with Crippen LogP contribution in [0.15, 0.2) is 12.7 Å². The van der Waals surface area contributed by atoms with E-state index in [9.17, 15) is 13.2 Å². The van der Waals surface area contributed by atoms with Crippen molar-refractivity contribution in [1.29, 1.82) is 0 Å². The Balaban J connectivity index is -0.000000150. The minimum atomic E-state index is -2.61. The molecule has 0 spiro atoms. The summed E-state index contributed by atoms with van der Waals surface area (Å²) in [5.74, 6) is -0.481. The fourth-order valence-corrected chi connectivity index (χ4v) is 0.497. The molecule has 0 unspecified atom stereocenters. The average molecular weight is 212 g/mol. The van der Waals surface area contributed by atoms with E-state index in [2.05, 4.69) is 16.5 Å². The summed E-state index contributed by atoms with van der Waals surface area (Å²) in [5, 5.41) is 0. The Hall–Kier alpha value is -0.920. The van der Waals surface area contributed by atoms with Crippen LogP contribution in [0.1, 0.15) is 13.3 Å². The molecule has 1 amide bonds. The van der Waals surface area contributed by atoms with Gasteiger partial charge < -0.3 is 11.9 Å². The molecule has 0 radical (unpaired) electrons. The van der Waals surface area contributed by atoms with E-state index < -0.39 is 16.9 Å². The normalized spacial score (nSPS) is 7.85. The summed E-state index contributed by atoms with van der Waals surface area (Å²) in [6, 6.07) is 0. The number of carbonyl (C=O) groups is 1. The molecular formula is C6H16N2O4S. The monoisotopic (exact) mass is 212 g/mol. The number of hydrogen-bond acceptors (Lipinski definition) is 5. The van der Waals surface area contributed by atoms with Gasteiger partial charge in [0.05, 0.1) is 6.61 Å². The number of amides is 1. The lowest BCUT2D eigenvalue weighted by molar-refractivity contribution is -0.113. The van der Waals surface area contributed by atoms with Crippen LogP contribution in [0.5, 0.6) is 0 Å². The highest BCUT2D eigenvalue weighted by molar-refractivity contribution is 7.67. The zero-order valence-corrected chi connectivity index (χ0v) is 8.46. The van der Waals surface area contributed by atoms with Crippen LogP contribution >= 0.6 is 0 Å². The first-order valence-electron chi connectivity index (χ1n) is 3.23. The van der Waals surface area contributed by atoms with E-state index in [4.69, 9.17) is 0 Å². The minimum Gasteiger partial charge on any atom is -0.366 e. The van der Waals surface area contributed by atoms with Crippen molar-refractivity contribution in [2.24, 2.45) is 5.73 Å². The number of thiol groups is 1. The smallest absolute Gasteiger partial charge is 0.257 e. The maximum atomic E-state index is 9.57. The first-order valence-corrected chi connectivity index (χ1v) is 4.33. The summed E-state index contributed by atoms with van der Waals surface area (Å²) in [7, 11) is -2.61. The molecule has 13 heavy (non-hydrogen) atoms. The van der Waals surface area contributed by atoms with Crippen LogP contribution in [-0.2, 0) is 20.0 Å². The van der Waals surface area contributed by atoms with Gasteiger partial charge in [-0.15, -0.1) is 0 Å². The van der Waals surface area contributed by atoms with Crippen LogP contribution in [0, 0.1) is 0 Å². The predicted octanol–water partition coefficient (Wildman–Crippen LogP) is -0.241. The minimum absolute atomic E-state index is 0. The summed E-state index contributed by atoms with van der Waals surface area (Å²) >= 11 is 0. The van der Waals surface area contributed by atoms with E-state index in [1.54, 1.807) is 0 Å². The molecule has 0 heterocycles. The van der Waals surface area contributed by atoms with E-state index in [0.717, 1.165) is 12.5 Å². The summed E-state index contributed by atoms with van der Waals surface area (Å²) in [6.07, 6.45) is 1.79. The van der Waals surface area contributed by atoms with Crippen molar-refractivity contribution < 1.29 is 17.4 Å². The predicted molar refractivity (Wildman–Crippen MR) is 51.0 cm³/mol. The van der Waals surface area contributed by atoms with Crippen LogP contribution in [-0.4, -0.2) is 20.9 Å². The fourth-order valence-electron chi connectivity index (χ4n) is 0.166. The number of hydrogen-bond donors (Lipinski definition) is 3. The van der Waals surface area contributed by atoms with Gasteiger partial charge in [-0.1, -0.05) is 13.5 Å². The molecule has 0 aliphatic rings. The summed E-state index contributed by atoms with van der Waals surface area (Å²) < 4.78 is 23.3. The molecule has 0 aliphatic carbocycles. The quantitative estimate of drug-likeness (QED) is 0.438. The van der Waals surface area contributed by atoms with Crippen molar-refractivity contribution in [2.45, 2.75) is 13.3 Å². The molecule has 0 saturated heterocycles. The van der Waals surface area contributed by atoms with Crippen LogP contribution in [0.4, 0.5) is 0 Å². The highest BCUT2D eigenvalue weighted by Gasteiger charge is 1.79. The van der Waals surface area contributed by atoms with Gasteiger partial charge in [-0.25, -0.2) is 8.42 Å². The van der Waals surface area contributed by atoms with E-state index >= 15 is 0 Å². The van der Waals surface area contributed by atoms with E-state index in [1.165, 1.54) is 0 Å². The van der Waals surface area contributed by atoms with Gasteiger partial charge in [0.1, 0.15) is 0 Å². The van der Waals surface area contributed by atoms with Crippen molar-refractivity contribution in [3.05, 3.63) is 12.7 Å². The molecule has 0 aliphatic heterocycles. The number of carbonyl (C=O) groups excluding carboxylic acids is 1. The molecule has 6 nitrogen and oxygen atoms in total. The molecule has 0 atom stereocenters. The van der Waals surface area contributed by atoms with E-state index in [-0.39, 0.29) is 6.15 Å². The zero-order chi connectivity index (χ0) is 9.98. The Bertz CT molecular complexity index is 195. The van der Waals surface area contributed by atoms with Gasteiger partial charge in [0.15, 0.2) is 0 Å². The molecule has 0 aromatic rings. The van der Waals surface area contributed by atoms with Crippen LogP contribution in [0.25, 0.3) is 0 Å². The summed E-state index contributed by atoms with van der Waals surface area (Å²) in [6.45, 7) is 5.24. The molecule has 0 aromatic carbocycles. The van der Waals surface area contributed by atoms with Gasteiger partial charge in [-0.2, -0.15) is 0 Å². The topological polar surface area (TPSA) is 121 Å². The van der Waals surface area contributed by atoms with Crippen molar-refractivity contribution in [3.8, 4) is 0 Å². The molecule has 5 N–H and O–H groups in total. The Labute approximate surface area is 79.5 Å². The number of nitrogens with two attached hydrogens (primary N) is 1. The van der Waals surface area contributed by atoms with Crippen molar-refractivity contribution in [3.63, 3.8) is 0 Å². The van der Waals surface area contributed by atoms with Gasteiger partial charge in [0.2, 0.25) is 5.91 Å². The average Bonchev–Trinajstić information content (AvgIpc) is 2.02. The van der Waals surface area contributed by atoms with Crippen molar-refractivity contribution >= 4 is 16.9 Å². The van der Waals surface area contributed by atoms with Gasteiger partial charge in [0.25, 0.3) is 11.0 Å². The zero-order valence-electron chi connectivity index (χ0n) is 7.56. The van der Waals surface area contributed by atoms with Gasteiger partial charge in [-0.3, -0.25) is 8.98 Å². The van der Waals surface area contributed by atoms with Gasteiger partial charge >= 0.3 is 0 Å². The van der Waals surface area contributed by atoms with Crippen LogP contribution in [0.3, 0.4) is 0 Å². The molecule has 0 saturated carbocycles. The molecule has 0 aromatic heterocycles. The van der Waals surface area contributed by atoms with Crippen molar-refractivity contribution in [1.82, 2.24) is 6.15 Å². The second-order valence-corrected chi connectivity index (χ2v) is 2.37. The molecule has 0 fully saturated rings. The molecular weight excluding hydrogens is 196 g/mol. The Morgan fingerprint density at radius 2 is 2.00 bits per heavy atom.